The SMILES string of the molecule is Cc1cc(-c2[nH]c3ccc(C4CCNCC4)cc3c2C(C)C)ccn1. The van der Waals surface area contributed by atoms with E-state index in [4.69, 9.17) is 0 Å². The summed E-state index contributed by atoms with van der Waals surface area (Å²) in [5.74, 6) is 1.16. The second-order valence-electron chi connectivity index (χ2n) is 7.58. The maximum Gasteiger partial charge on any atom is 0.0501 e. The molecule has 2 N–H and O–H groups in total. The number of nitrogens with one attached hydrogen (secondary N) is 2. The topological polar surface area (TPSA) is 40.7 Å². The van der Waals surface area contributed by atoms with Gasteiger partial charge in [-0.15, -0.1) is 0 Å². The van der Waals surface area contributed by atoms with Crippen LogP contribution in [-0.4, -0.2) is 23.1 Å². The molecule has 4 rings (SSSR count). The van der Waals surface area contributed by atoms with Gasteiger partial charge in [-0.25, -0.2) is 0 Å². The highest BCUT2D eigenvalue weighted by Crippen LogP contribution is 2.37. The predicted molar refractivity (Wildman–Crippen MR) is 105 cm³/mol. The van der Waals surface area contributed by atoms with E-state index in [9.17, 15) is 0 Å². The summed E-state index contributed by atoms with van der Waals surface area (Å²) in [7, 11) is 0. The summed E-state index contributed by atoms with van der Waals surface area (Å²) < 4.78 is 0. The van der Waals surface area contributed by atoms with E-state index < -0.39 is 0 Å². The first-order chi connectivity index (χ1) is 12.1. The van der Waals surface area contributed by atoms with E-state index in [0.717, 1.165) is 18.8 Å². The fourth-order valence-electron chi connectivity index (χ4n) is 4.17. The molecule has 3 heteroatoms. The van der Waals surface area contributed by atoms with Gasteiger partial charge in [-0.1, -0.05) is 19.9 Å². The first-order valence-electron chi connectivity index (χ1n) is 9.42. The number of aromatic nitrogens is 2. The molecule has 1 saturated heterocycles. The van der Waals surface area contributed by atoms with Crippen molar-refractivity contribution in [2.45, 2.75) is 45.4 Å². The molecule has 130 valence electrons. The molecule has 0 amide bonds. The number of hydrogen-bond acceptors (Lipinski definition) is 2. The molecule has 0 saturated carbocycles. The van der Waals surface area contributed by atoms with Crippen molar-refractivity contribution in [3.05, 3.63) is 53.3 Å². The molecule has 0 unspecified atom stereocenters. The van der Waals surface area contributed by atoms with Gasteiger partial charge in [0.1, 0.15) is 0 Å². The van der Waals surface area contributed by atoms with Gasteiger partial charge in [0.2, 0.25) is 0 Å². The number of aromatic amines is 1. The number of fused-ring (bicyclic) bond motifs is 1. The van der Waals surface area contributed by atoms with Crippen molar-refractivity contribution >= 4 is 10.9 Å². The predicted octanol–water partition coefficient (Wildman–Crippen LogP) is 5.13. The summed E-state index contributed by atoms with van der Waals surface area (Å²) in [6, 6.07) is 11.3. The van der Waals surface area contributed by atoms with E-state index in [-0.39, 0.29) is 0 Å². The molecule has 3 aromatic rings. The molecule has 1 aliphatic rings. The quantitative estimate of drug-likeness (QED) is 0.697. The Morgan fingerprint density at radius 3 is 2.60 bits per heavy atom. The van der Waals surface area contributed by atoms with Crippen molar-refractivity contribution in [2.75, 3.05) is 13.1 Å². The maximum atomic E-state index is 4.35. The van der Waals surface area contributed by atoms with Crippen LogP contribution < -0.4 is 5.32 Å². The van der Waals surface area contributed by atoms with Gasteiger partial charge >= 0.3 is 0 Å². The monoisotopic (exact) mass is 333 g/mol. The number of nitrogens with zero attached hydrogens (tertiary/aromatic N) is 1. The molecule has 0 spiro atoms. The molecular weight excluding hydrogens is 306 g/mol. The van der Waals surface area contributed by atoms with Gasteiger partial charge in [0, 0.05) is 28.4 Å². The summed E-state index contributed by atoms with van der Waals surface area (Å²) in [5, 5.41) is 4.85. The number of hydrogen-bond donors (Lipinski definition) is 2. The Morgan fingerprint density at radius 2 is 1.88 bits per heavy atom. The third-order valence-electron chi connectivity index (χ3n) is 5.44. The number of H-pyrrole nitrogens is 1. The van der Waals surface area contributed by atoms with Gasteiger partial charge in [0.05, 0.1) is 5.69 Å². The van der Waals surface area contributed by atoms with E-state index in [0.29, 0.717) is 11.8 Å². The molecule has 3 nitrogen and oxygen atoms in total. The first-order valence-corrected chi connectivity index (χ1v) is 9.42. The lowest BCUT2D eigenvalue weighted by molar-refractivity contribution is 0.460. The van der Waals surface area contributed by atoms with Crippen LogP contribution >= 0.6 is 0 Å². The Balaban J connectivity index is 1.85. The Labute approximate surface area is 149 Å². The molecule has 0 bridgehead atoms. The van der Waals surface area contributed by atoms with Crippen LogP contribution in [0.2, 0.25) is 0 Å². The van der Waals surface area contributed by atoms with Crippen molar-refractivity contribution in [1.82, 2.24) is 15.3 Å². The van der Waals surface area contributed by atoms with E-state index in [1.54, 1.807) is 0 Å². The van der Waals surface area contributed by atoms with Gasteiger partial charge in [-0.2, -0.15) is 0 Å². The summed E-state index contributed by atoms with van der Waals surface area (Å²) in [6.45, 7) is 8.90. The molecule has 2 aromatic heterocycles. The zero-order valence-electron chi connectivity index (χ0n) is 15.4. The van der Waals surface area contributed by atoms with Gasteiger partial charge in [0.25, 0.3) is 0 Å². The van der Waals surface area contributed by atoms with E-state index >= 15 is 0 Å². The van der Waals surface area contributed by atoms with Crippen molar-refractivity contribution in [3.8, 4) is 11.3 Å². The van der Waals surface area contributed by atoms with Crippen molar-refractivity contribution in [3.63, 3.8) is 0 Å². The Kier molecular flexibility index (Phi) is 4.34. The Bertz CT molecular complexity index is 885. The van der Waals surface area contributed by atoms with Crippen molar-refractivity contribution < 1.29 is 0 Å². The van der Waals surface area contributed by atoms with Crippen LogP contribution in [0.1, 0.15) is 55.3 Å². The smallest absolute Gasteiger partial charge is 0.0501 e. The number of benzene rings is 1. The minimum Gasteiger partial charge on any atom is -0.354 e. The zero-order valence-corrected chi connectivity index (χ0v) is 15.4. The zero-order chi connectivity index (χ0) is 17.4. The lowest BCUT2D eigenvalue weighted by Gasteiger charge is -2.23. The van der Waals surface area contributed by atoms with E-state index in [1.165, 1.54) is 46.1 Å². The minimum absolute atomic E-state index is 0.473. The van der Waals surface area contributed by atoms with Crippen molar-refractivity contribution in [1.29, 1.82) is 0 Å². The average molecular weight is 333 g/mol. The Hall–Kier alpha value is -2.13. The Morgan fingerprint density at radius 1 is 1.08 bits per heavy atom. The average Bonchev–Trinajstić information content (AvgIpc) is 3.01. The fourth-order valence-corrected chi connectivity index (χ4v) is 4.17. The number of rotatable bonds is 3. The maximum absolute atomic E-state index is 4.35. The van der Waals surface area contributed by atoms with Crippen LogP contribution in [0, 0.1) is 6.92 Å². The van der Waals surface area contributed by atoms with Gasteiger partial charge in [0.15, 0.2) is 0 Å². The standard InChI is InChI=1S/C22H27N3/c1-14(2)21-19-13-17(16-6-9-23-10-7-16)4-5-20(19)25-22(21)18-8-11-24-15(3)12-18/h4-5,8,11-14,16,23,25H,6-7,9-10H2,1-3H3. The number of pyridine rings is 1. The third-order valence-corrected chi connectivity index (χ3v) is 5.44. The summed E-state index contributed by atoms with van der Waals surface area (Å²) in [5.41, 5.74) is 7.70. The second kappa shape index (κ2) is 6.64. The highest BCUT2D eigenvalue weighted by Gasteiger charge is 2.20. The lowest BCUT2D eigenvalue weighted by Crippen LogP contribution is -2.26. The van der Waals surface area contributed by atoms with Crippen molar-refractivity contribution in [2.24, 2.45) is 0 Å². The summed E-state index contributed by atoms with van der Waals surface area (Å²) in [4.78, 5) is 8.03. The number of piperidine rings is 1. The molecule has 0 radical (unpaired) electrons. The first kappa shape index (κ1) is 16.3. The van der Waals surface area contributed by atoms with E-state index in [1.807, 2.05) is 6.20 Å². The molecule has 3 heterocycles. The highest BCUT2D eigenvalue weighted by atomic mass is 14.9. The third kappa shape index (κ3) is 3.09. The minimum atomic E-state index is 0.473. The van der Waals surface area contributed by atoms with Gasteiger partial charge < -0.3 is 10.3 Å². The lowest BCUT2D eigenvalue weighted by atomic mass is 9.88. The van der Waals surface area contributed by atoms with Gasteiger partial charge in [-0.3, -0.25) is 4.98 Å². The summed E-state index contributed by atoms with van der Waals surface area (Å²) >= 11 is 0. The highest BCUT2D eigenvalue weighted by molar-refractivity contribution is 5.92. The molecule has 25 heavy (non-hydrogen) atoms. The largest absolute Gasteiger partial charge is 0.354 e. The van der Waals surface area contributed by atoms with Crippen LogP contribution in [0.25, 0.3) is 22.2 Å². The molecule has 1 aliphatic heterocycles. The van der Waals surface area contributed by atoms with Crippen LogP contribution in [0.5, 0.6) is 0 Å². The number of aryl methyl sites for hydroxylation is 1. The van der Waals surface area contributed by atoms with Crippen LogP contribution in [-0.2, 0) is 0 Å². The molecule has 1 fully saturated rings. The second-order valence-corrected chi connectivity index (χ2v) is 7.58. The van der Waals surface area contributed by atoms with Crippen LogP contribution in [0.15, 0.2) is 36.5 Å². The fraction of sp³-hybridized carbons (Fsp3) is 0.409. The van der Waals surface area contributed by atoms with Gasteiger partial charge in [-0.05, 0) is 80.1 Å². The van der Waals surface area contributed by atoms with Crippen LogP contribution in [0.4, 0.5) is 0 Å². The van der Waals surface area contributed by atoms with E-state index in [2.05, 4.69) is 66.4 Å². The molecular formula is C22H27N3. The van der Waals surface area contributed by atoms with Crippen LogP contribution in [0.3, 0.4) is 0 Å². The normalized spacial score (nSPS) is 16.0. The molecule has 0 atom stereocenters. The summed E-state index contributed by atoms with van der Waals surface area (Å²) in [6.07, 6.45) is 4.38. The molecule has 1 aromatic carbocycles. The molecule has 0 aliphatic carbocycles.